The molecule has 2 aromatic carbocycles. The van der Waals surface area contributed by atoms with Crippen LogP contribution in [0.15, 0.2) is 48.5 Å². The zero-order valence-electron chi connectivity index (χ0n) is 17.1. The second-order valence-electron chi connectivity index (χ2n) is 7.03. The van der Waals surface area contributed by atoms with Gasteiger partial charge in [0.1, 0.15) is 12.6 Å². The molecular formula is C23H27NO5. The van der Waals surface area contributed by atoms with Crippen LogP contribution in [0.4, 0.5) is 0 Å². The zero-order chi connectivity index (χ0) is 21.4. The van der Waals surface area contributed by atoms with Gasteiger partial charge in [0.25, 0.3) is 0 Å². The lowest BCUT2D eigenvalue weighted by molar-refractivity contribution is -0.142. The average Bonchev–Trinajstić information content (AvgIpc) is 2.69. The van der Waals surface area contributed by atoms with Gasteiger partial charge in [-0.25, -0.2) is 4.79 Å². The van der Waals surface area contributed by atoms with E-state index in [9.17, 15) is 9.59 Å². The Morgan fingerprint density at radius 2 is 1.86 bits per heavy atom. The summed E-state index contributed by atoms with van der Waals surface area (Å²) >= 11 is 0. The SMILES string of the molecule is COc1cc(/C=C/C(=O)NC(C(=O)O)C(C)C)ccc1OCc1ccccc1C. The summed E-state index contributed by atoms with van der Waals surface area (Å²) in [5.74, 6) is -0.590. The Morgan fingerprint density at radius 1 is 1.14 bits per heavy atom. The molecule has 0 saturated heterocycles. The maximum Gasteiger partial charge on any atom is 0.326 e. The van der Waals surface area contributed by atoms with Crippen LogP contribution in [0.1, 0.15) is 30.5 Å². The molecular weight excluding hydrogens is 370 g/mol. The predicted octanol–water partition coefficient (Wildman–Crippen LogP) is 3.82. The van der Waals surface area contributed by atoms with Crippen molar-refractivity contribution in [2.45, 2.75) is 33.4 Å². The predicted molar refractivity (Wildman–Crippen MR) is 112 cm³/mol. The minimum absolute atomic E-state index is 0.213. The topological polar surface area (TPSA) is 84.9 Å². The molecule has 0 aliphatic heterocycles. The zero-order valence-corrected chi connectivity index (χ0v) is 17.1. The van der Waals surface area contributed by atoms with E-state index in [1.165, 1.54) is 6.08 Å². The molecule has 1 amide bonds. The van der Waals surface area contributed by atoms with Crippen molar-refractivity contribution in [1.82, 2.24) is 5.32 Å². The minimum atomic E-state index is -1.06. The quantitative estimate of drug-likeness (QED) is 0.629. The maximum atomic E-state index is 12.0. The van der Waals surface area contributed by atoms with Crippen molar-refractivity contribution in [2.75, 3.05) is 7.11 Å². The molecule has 2 aromatic rings. The van der Waals surface area contributed by atoms with Crippen molar-refractivity contribution >= 4 is 18.0 Å². The minimum Gasteiger partial charge on any atom is -0.493 e. The van der Waals surface area contributed by atoms with Crippen LogP contribution in [0.3, 0.4) is 0 Å². The standard InChI is InChI=1S/C23H27NO5/c1-15(2)22(23(26)27)24-21(25)12-10-17-9-11-19(20(13-17)28-4)29-14-18-8-6-5-7-16(18)3/h5-13,15,22H,14H2,1-4H3,(H,24,25)(H,26,27)/b12-10+. The van der Waals surface area contributed by atoms with Crippen LogP contribution in [-0.4, -0.2) is 30.1 Å². The molecule has 29 heavy (non-hydrogen) atoms. The van der Waals surface area contributed by atoms with E-state index >= 15 is 0 Å². The molecule has 0 saturated carbocycles. The molecule has 0 radical (unpaired) electrons. The highest BCUT2D eigenvalue weighted by atomic mass is 16.5. The first kappa shape index (κ1) is 22.0. The van der Waals surface area contributed by atoms with Crippen LogP contribution in [0.2, 0.25) is 0 Å². The summed E-state index contributed by atoms with van der Waals surface area (Å²) in [7, 11) is 1.55. The molecule has 0 bridgehead atoms. The van der Waals surface area contributed by atoms with Gasteiger partial charge in [-0.3, -0.25) is 4.79 Å². The van der Waals surface area contributed by atoms with Crippen molar-refractivity contribution in [2.24, 2.45) is 5.92 Å². The first-order valence-electron chi connectivity index (χ1n) is 9.38. The number of aryl methyl sites for hydroxylation is 1. The lowest BCUT2D eigenvalue weighted by Gasteiger charge is -2.16. The van der Waals surface area contributed by atoms with E-state index in [4.69, 9.17) is 14.6 Å². The Balaban J connectivity index is 2.05. The fraction of sp³-hybridized carbons (Fsp3) is 0.304. The van der Waals surface area contributed by atoms with Crippen molar-refractivity contribution in [1.29, 1.82) is 0 Å². The van der Waals surface area contributed by atoms with E-state index in [-0.39, 0.29) is 5.92 Å². The van der Waals surface area contributed by atoms with Gasteiger partial charge in [0.2, 0.25) is 5.91 Å². The number of methoxy groups -OCH3 is 1. The molecule has 1 unspecified atom stereocenters. The van der Waals surface area contributed by atoms with E-state index in [1.807, 2.05) is 31.2 Å². The summed E-state index contributed by atoms with van der Waals surface area (Å²) in [4.78, 5) is 23.2. The van der Waals surface area contributed by atoms with Gasteiger partial charge in [-0.05, 0) is 47.7 Å². The molecule has 2 rings (SSSR count). The van der Waals surface area contributed by atoms with Crippen LogP contribution < -0.4 is 14.8 Å². The Kier molecular flexibility index (Phi) is 7.83. The Labute approximate surface area is 171 Å². The van der Waals surface area contributed by atoms with Crippen LogP contribution in [0, 0.1) is 12.8 Å². The Morgan fingerprint density at radius 3 is 2.48 bits per heavy atom. The van der Waals surface area contributed by atoms with Crippen LogP contribution in [0.5, 0.6) is 11.5 Å². The molecule has 0 fully saturated rings. The van der Waals surface area contributed by atoms with Crippen molar-refractivity contribution in [3.05, 3.63) is 65.2 Å². The van der Waals surface area contributed by atoms with Gasteiger partial charge in [0.15, 0.2) is 11.5 Å². The number of ether oxygens (including phenoxy) is 2. The first-order valence-corrected chi connectivity index (χ1v) is 9.38. The van der Waals surface area contributed by atoms with Gasteiger partial charge < -0.3 is 19.9 Å². The largest absolute Gasteiger partial charge is 0.493 e. The number of carbonyl (C=O) groups excluding carboxylic acids is 1. The third kappa shape index (κ3) is 6.38. The van der Waals surface area contributed by atoms with Gasteiger partial charge in [-0.15, -0.1) is 0 Å². The van der Waals surface area contributed by atoms with Crippen molar-refractivity contribution < 1.29 is 24.2 Å². The van der Waals surface area contributed by atoms with E-state index in [0.717, 1.165) is 16.7 Å². The second kappa shape index (κ2) is 10.3. The highest BCUT2D eigenvalue weighted by Gasteiger charge is 2.22. The molecule has 1 atom stereocenters. The lowest BCUT2D eigenvalue weighted by Crippen LogP contribution is -2.43. The first-order chi connectivity index (χ1) is 13.8. The van der Waals surface area contributed by atoms with Gasteiger partial charge in [0.05, 0.1) is 7.11 Å². The van der Waals surface area contributed by atoms with E-state index < -0.39 is 17.9 Å². The molecule has 0 aliphatic carbocycles. The molecule has 0 aromatic heterocycles. The van der Waals surface area contributed by atoms with Gasteiger partial charge in [-0.2, -0.15) is 0 Å². The highest BCUT2D eigenvalue weighted by Crippen LogP contribution is 2.29. The van der Waals surface area contributed by atoms with Crippen molar-refractivity contribution in [3.8, 4) is 11.5 Å². The number of aliphatic carboxylic acids is 1. The molecule has 0 heterocycles. The summed E-state index contributed by atoms with van der Waals surface area (Å²) in [6.07, 6.45) is 2.91. The summed E-state index contributed by atoms with van der Waals surface area (Å²) < 4.78 is 11.3. The fourth-order valence-corrected chi connectivity index (χ4v) is 2.72. The third-order valence-corrected chi connectivity index (χ3v) is 4.49. The second-order valence-corrected chi connectivity index (χ2v) is 7.03. The lowest BCUT2D eigenvalue weighted by atomic mass is 10.0. The number of amides is 1. The number of nitrogens with one attached hydrogen (secondary N) is 1. The van der Waals surface area contributed by atoms with E-state index in [2.05, 4.69) is 5.32 Å². The molecule has 2 N–H and O–H groups in total. The van der Waals surface area contributed by atoms with Crippen LogP contribution in [-0.2, 0) is 16.2 Å². The summed E-state index contributed by atoms with van der Waals surface area (Å²) in [6.45, 7) is 5.93. The van der Waals surface area contributed by atoms with Gasteiger partial charge in [0, 0.05) is 6.08 Å². The smallest absolute Gasteiger partial charge is 0.326 e. The molecule has 0 spiro atoms. The summed E-state index contributed by atoms with van der Waals surface area (Å²) in [5, 5.41) is 11.6. The van der Waals surface area contributed by atoms with Crippen molar-refractivity contribution in [3.63, 3.8) is 0 Å². The average molecular weight is 397 g/mol. The highest BCUT2D eigenvalue weighted by molar-refractivity contribution is 5.94. The number of carboxylic acid groups (broad SMARTS) is 1. The number of benzene rings is 2. The maximum absolute atomic E-state index is 12.0. The third-order valence-electron chi connectivity index (χ3n) is 4.49. The number of carbonyl (C=O) groups is 2. The van der Waals surface area contributed by atoms with E-state index in [0.29, 0.717) is 18.1 Å². The molecule has 154 valence electrons. The van der Waals surface area contributed by atoms with Gasteiger partial charge in [-0.1, -0.05) is 44.2 Å². The molecule has 6 heteroatoms. The fourth-order valence-electron chi connectivity index (χ4n) is 2.72. The summed E-state index contributed by atoms with van der Waals surface area (Å²) in [6, 6.07) is 12.4. The monoisotopic (exact) mass is 397 g/mol. The Hall–Kier alpha value is -3.28. The number of hydrogen-bond donors (Lipinski definition) is 2. The van der Waals surface area contributed by atoms with Crippen LogP contribution in [0.25, 0.3) is 6.08 Å². The normalized spacial score (nSPS) is 12.0. The number of rotatable bonds is 9. The molecule has 6 nitrogen and oxygen atoms in total. The molecule has 0 aliphatic rings. The number of carboxylic acids is 1. The van der Waals surface area contributed by atoms with Gasteiger partial charge >= 0.3 is 5.97 Å². The Bertz CT molecular complexity index is 889. The summed E-state index contributed by atoms with van der Waals surface area (Å²) in [5.41, 5.74) is 2.98. The van der Waals surface area contributed by atoms with Crippen LogP contribution >= 0.6 is 0 Å². The van der Waals surface area contributed by atoms with E-state index in [1.54, 1.807) is 45.2 Å². The number of hydrogen-bond acceptors (Lipinski definition) is 4.